The maximum Gasteiger partial charge on any atom is 0.155 e. The van der Waals surface area contributed by atoms with Crippen molar-refractivity contribution in [3.63, 3.8) is 0 Å². The van der Waals surface area contributed by atoms with Crippen LogP contribution in [0.3, 0.4) is 0 Å². The normalized spacial score (nSPS) is 11.5. The summed E-state index contributed by atoms with van der Waals surface area (Å²) in [5.74, 6) is 1.49. The van der Waals surface area contributed by atoms with E-state index in [0.717, 1.165) is 33.7 Å². The van der Waals surface area contributed by atoms with Gasteiger partial charge in [-0.25, -0.2) is 9.50 Å². The van der Waals surface area contributed by atoms with Gasteiger partial charge < -0.3 is 15.2 Å². The second-order valence-electron chi connectivity index (χ2n) is 8.04. The van der Waals surface area contributed by atoms with Crippen molar-refractivity contribution in [2.75, 3.05) is 19.0 Å². The van der Waals surface area contributed by atoms with Gasteiger partial charge in [-0.05, 0) is 41.0 Å². The molecule has 0 bridgehead atoms. The SMILES string of the molecule is COc1ccc(C(Nc2ncnn3c(CCO)ccc23)(c2ccccc2)c2ccccc2)cc1. The highest BCUT2D eigenvalue weighted by Gasteiger charge is 2.37. The van der Waals surface area contributed by atoms with Crippen molar-refractivity contribution in [1.82, 2.24) is 14.6 Å². The molecule has 0 fully saturated rings. The smallest absolute Gasteiger partial charge is 0.155 e. The summed E-state index contributed by atoms with van der Waals surface area (Å²) in [7, 11) is 1.67. The fourth-order valence-electron chi connectivity index (χ4n) is 4.50. The van der Waals surface area contributed by atoms with E-state index in [2.05, 4.69) is 51.8 Å². The predicted octanol–water partition coefficient (Wildman–Crippen LogP) is 4.68. The Morgan fingerprint density at radius 1 is 0.824 bits per heavy atom. The van der Waals surface area contributed by atoms with Gasteiger partial charge in [0, 0.05) is 18.7 Å². The van der Waals surface area contributed by atoms with Crippen molar-refractivity contribution in [2.45, 2.75) is 12.0 Å². The molecule has 2 heterocycles. The number of anilines is 1. The molecule has 2 aromatic heterocycles. The zero-order chi connectivity index (χ0) is 23.4. The number of aliphatic hydroxyl groups is 1. The third-order valence-electron chi connectivity index (χ3n) is 6.14. The van der Waals surface area contributed by atoms with Crippen LogP contribution in [0, 0.1) is 0 Å². The van der Waals surface area contributed by atoms with E-state index in [4.69, 9.17) is 4.74 Å². The van der Waals surface area contributed by atoms with Crippen LogP contribution >= 0.6 is 0 Å². The highest BCUT2D eigenvalue weighted by atomic mass is 16.5. The van der Waals surface area contributed by atoms with Gasteiger partial charge in [-0.1, -0.05) is 72.8 Å². The molecule has 0 unspecified atom stereocenters. The van der Waals surface area contributed by atoms with Crippen molar-refractivity contribution in [3.8, 4) is 5.75 Å². The van der Waals surface area contributed by atoms with Crippen LogP contribution in [0.4, 0.5) is 5.82 Å². The van der Waals surface area contributed by atoms with Crippen molar-refractivity contribution < 1.29 is 9.84 Å². The van der Waals surface area contributed by atoms with E-state index in [0.29, 0.717) is 12.2 Å². The second-order valence-corrected chi connectivity index (χ2v) is 8.04. The maximum atomic E-state index is 9.46. The van der Waals surface area contributed by atoms with E-state index in [1.807, 2.05) is 65.2 Å². The highest BCUT2D eigenvalue weighted by molar-refractivity contribution is 5.72. The Morgan fingerprint density at radius 2 is 1.44 bits per heavy atom. The summed E-state index contributed by atoms with van der Waals surface area (Å²) < 4.78 is 7.26. The third-order valence-corrected chi connectivity index (χ3v) is 6.14. The second kappa shape index (κ2) is 9.37. The molecule has 0 aliphatic carbocycles. The zero-order valence-electron chi connectivity index (χ0n) is 18.9. The lowest BCUT2D eigenvalue weighted by Gasteiger charge is -2.37. The van der Waals surface area contributed by atoms with Crippen LogP contribution in [0.15, 0.2) is 103 Å². The number of nitrogens with one attached hydrogen (secondary N) is 1. The molecular weight excluding hydrogens is 424 g/mol. The van der Waals surface area contributed by atoms with Crippen LogP contribution < -0.4 is 10.1 Å². The van der Waals surface area contributed by atoms with E-state index in [-0.39, 0.29) is 6.61 Å². The molecule has 0 amide bonds. The maximum absolute atomic E-state index is 9.46. The molecular formula is C28H26N4O2. The lowest BCUT2D eigenvalue weighted by Crippen LogP contribution is -2.38. The number of nitrogens with zero attached hydrogens (tertiary/aromatic N) is 3. The molecule has 0 saturated heterocycles. The lowest BCUT2D eigenvalue weighted by molar-refractivity contribution is 0.297. The molecule has 5 aromatic rings. The number of fused-ring (bicyclic) bond motifs is 1. The van der Waals surface area contributed by atoms with Gasteiger partial charge in [0.2, 0.25) is 0 Å². The van der Waals surface area contributed by atoms with Crippen LogP contribution in [0.5, 0.6) is 5.75 Å². The number of ether oxygens (including phenoxy) is 1. The fourth-order valence-corrected chi connectivity index (χ4v) is 4.50. The van der Waals surface area contributed by atoms with Gasteiger partial charge in [-0.3, -0.25) is 0 Å². The molecule has 3 aromatic carbocycles. The summed E-state index contributed by atoms with van der Waals surface area (Å²) in [5, 5.41) is 17.7. The highest BCUT2D eigenvalue weighted by Crippen LogP contribution is 2.41. The largest absolute Gasteiger partial charge is 0.497 e. The molecule has 6 nitrogen and oxygen atoms in total. The van der Waals surface area contributed by atoms with E-state index in [1.54, 1.807) is 13.4 Å². The van der Waals surface area contributed by atoms with Crippen molar-refractivity contribution >= 4 is 11.3 Å². The van der Waals surface area contributed by atoms with Gasteiger partial charge in [0.15, 0.2) is 5.82 Å². The summed E-state index contributed by atoms with van der Waals surface area (Å²) in [6, 6.07) is 32.8. The van der Waals surface area contributed by atoms with Gasteiger partial charge in [0.1, 0.15) is 23.1 Å². The summed E-state index contributed by atoms with van der Waals surface area (Å²) >= 11 is 0. The summed E-state index contributed by atoms with van der Waals surface area (Å²) in [6.45, 7) is 0.0582. The Hall–Kier alpha value is -4.16. The van der Waals surface area contributed by atoms with Crippen molar-refractivity contribution in [1.29, 1.82) is 0 Å². The number of aliphatic hydroxyl groups excluding tert-OH is 1. The number of hydrogen-bond acceptors (Lipinski definition) is 5. The molecule has 170 valence electrons. The van der Waals surface area contributed by atoms with Crippen LogP contribution in [0.25, 0.3) is 5.52 Å². The van der Waals surface area contributed by atoms with Crippen molar-refractivity contribution in [3.05, 3.63) is 126 Å². The Morgan fingerprint density at radius 3 is 2.03 bits per heavy atom. The van der Waals surface area contributed by atoms with Crippen LogP contribution in [-0.2, 0) is 12.0 Å². The van der Waals surface area contributed by atoms with Crippen LogP contribution in [-0.4, -0.2) is 33.4 Å². The summed E-state index contributed by atoms with van der Waals surface area (Å²) in [5.41, 5.74) is 4.23. The quantitative estimate of drug-likeness (QED) is 0.336. The first-order valence-electron chi connectivity index (χ1n) is 11.2. The number of benzene rings is 3. The Bertz CT molecular complexity index is 1330. The average molecular weight is 451 g/mol. The summed E-state index contributed by atoms with van der Waals surface area (Å²) in [6.07, 6.45) is 2.07. The summed E-state index contributed by atoms with van der Waals surface area (Å²) in [4.78, 5) is 4.65. The minimum absolute atomic E-state index is 0.0582. The third kappa shape index (κ3) is 3.78. The lowest BCUT2D eigenvalue weighted by atomic mass is 9.77. The van der Waals surface area contributed by atoms with Crippen molar-refractivity contribution in [2.24, 2.45) is 0 Å². The van der Waals surface area contributed by atoms with Gasteiger partial charge in [0.05, 0.1) is 7.11 Å². The zero-order valence-corrected chi connectivity index (χ0v) is 18.9. The first kappa shape index (κ1) is 21.7. The van der Waals surface area contributed by atoms with Gasteiger partial charge in [0.25, 0.3) is 0 Å². The van der Waals surface area contributed by atoms with Crippen LogP contribution in [0.1, 0.15) is 22.4 Å². The van der Waals surface area contributed by atoms with E-state index >= 15 is 0 Å². The van der Waals surface area contributed by atoms with Gasteiger partial charge >= 0.3 is 0 Å². The molecule has 6 heteroatoms. The fraction of sp³-hybridized carbons (Fsp3) is 0.143. The molecule has 0 aliphatic rings. The van der Waals surface area contributed by atoms with Gasteiger partial charge in [-0.15, -0.1) is 0 Å². The number of hydrogen-bond donors (Lipinski definition) is 2. The Labute approximate surface area is 198 Å². The Balaban J connectivity index is 1.77. The first-order chi connectivity index (χ1) is 16.8. The standard InChI is InChI=1S/C28H26N4O2/c1-34-25-15-12-23(13-16-25)28(21-8-4-2-5-9-21,22-10-6-3-7-11-22)31-27-26-17-14-24(18-19-33)32(26)30-20-29-27/h2-17,20,33H,18-19H2,1H3,(H,29,30,31). The number of methoxy groups -OCH3 is 1. The molecule has 2 N–H and O–H groups in total. The minimum Gasteiger partial charge on any atom is -0.497 e. The molecule has 0 radical (unpaired) electrons. The number of rotatable bonds is 8. The molecule has 5 rings (SSSR count). The number of aromatic nitrogens is 3. The molecule has 0 atom stereocenters. The minimum atomic E-state index is -0.731. The molecule has 0 spiro atoms. The molecule has 0 aliphatic heterocycles. The van der Waals surface area contributed by atoms with E-state index in [1.165, 1.54) is 0 Å². The van der Waals surface area contributed by atoms with E-state index < -0.39 is 5.54 Å². The Kier molecular flexibility index (Phi) is 5.97. The monoisotopic (exact) mass is 450 g/mol. The average Bonchev–Trinajstić information content (AvgIpc) is 3.32. The molecule has 34 heavy (non-hydrogen) atoms. The van der Waals surface area contributed by atoms with Crippen LogP contribution in [0.2, 0.25) is 0 Å². The van der Waals surface area contributed by atoms with Gasteiger partial charge in [-0.2, -0.15) is 5.10 Å². The topological polar surface area (TPSA) is 71.7 Å². The molecule has 0 saturated carbocycles. The first-order valence-corrected chi connectivity index (χ1v) is 11.2. The predicted molar refractivity (Wildman–Crippen MR) is 133 cm³/mol. The van der Waals surface area contributed by atoms with E-state index in [9.17, 15) is 5.11 Å².